The minimum Gasteiger partial charge on any atom is -0.383 e. The van der Waals surface area contributed by atoms with E-state index in [2.05, 4.69) is 10.3 Å². The fourth-order valence-corrected chi connectivity index (χ4v) is 6.50. The number of carbonyl (C=O) groups excluding carboxylic acids is 3. The topological polar surface area (TPSA) is 126 Å². The summed E-state index contributed by atoms with van der Waals surface area (Å²) >= 11 is 13.9. The molecule has 0 radical (unpaired) electrons. The van der Waals surface area contributed by atoms with Gasteiger partial charge in [0.2, 0.25) is 11.8 Å². The first-order valence-corrected chi connectivity index (χ1v) is 14.8. The molecule has 2 heterocycles. The van der Waals surface area contributed by atoms with Crippen molar-refractivity contribution in [2.45, 2.75) is 56.5 Å². The second-order valence-corrected chi connectivity index (χ2v) is 12.9. The lowest BCUT2D eigenvalue weighted by atomic mass is 9.88. The van der Waals surface area contributed by atoms with Crippen LogP contribution in [-0.4, -0.2) is 55.5 Å². The Labute approximate surface area is 253 Å². The second-order valence-electron chi connectivity index (χ2n) is 10.5. The minimum atomic E-state index is -1.61. The van der Waals surface area contributed by atoms with Gasteiger partial charge >= 0.3 is 0 Å². The highest BCUT2D eigenvalue weighted by Crippen LogP contribution is 2.41. The van der Waals surface area contributed by atoms with Crippen molar-refractivity contribution in [3.63, 3.8) is 0 Å². The molecule has 216 valence electrons. The molecule has 3 aromatic rings. The maximum absolute atomic E-state index is 14.0. The van der Waals surface area contributed by atoms with Crippen molar-refractivity contribution in [2.24, 2.45) is 5.73 Å². The molecule has 0 unspecified atom stereocenters. The number of rotatable bonds is 9. The number of hydrogen-bond donors (Lipinski definition) is 3. The number of hydrogen-bond acceptors (Lipinski definition) is 6. The molecule has 0 saturated carbocycles. The summed E-state index contributed by atoms with van der Waals surface area (Å²) in [6, 6.07) is 17.5. The average Bonchev–Trinajstić information content (AvgIpc) is 3.26. The lowest BCUT2D eigenvalue weighted by Crippen LogP contribution is -2.55. The van der Waals surface area contributed by atoms with Gasteiger partial charge in [-0.05, 0) is 49.9 Å². The van der Waals surface area contributed by atoms with Gasteiger partial charge in [0.15, 0.2) is 0 Å². The highest BCUT2D eigenvalue weighted by Gasteiger charge is 2.50. The Bertz CT molecular complexity index is 1450. The third kappa shape index (κ3) is 6.86. The number of benzene rings is 2. The largest absolute Gasteiger partial charge is 0.383 e. The number of pyridine rings is 1. The van der Waals surface area contributed by atoms with E-state index in [0.717, 1.165) is 16.7 Å². The third-order valence-electron chi connectivity index (χ3n) is 7.31. The van der Waals surface area contributed by atoms with Crippen molar-refractivity contribution < 1.29 is 19.5 Å². The van der Waals surface area contributed by atoms with Crippen molar-refractivity contribution in [3.05, 3.63) is 98.8 Å². The fraction of sp³-hybridized carbons (Fsp3) is 0.333. The molecule has 8 nitrogen and oxygen atoms in total. The summed E-state index contributed by atoms with van der Waals surface area (Å²) in [5, 5.41) is 14.3. The van der Waals surface area contributed by atoms with Gasteiger partial charge in [0.05, 0.1) is 16.5 Å². The number of amides is 3. The quantitative estimate of drug-likeness (QED) is 0.305. The highest BCUT2D eigenvalue weighted by molar-refractivity contribution is 8.00. The smallest absolute Gasteiger partial charge is 0.253 e. The zero-order chi connectivity index (χ0) is 29.9. The van der Waals surface area contributed by atoms with Crippen molar-refractivity contribution in [2.75, 3.05) is 5.88 Å². The van der Waals surface area contributed by atoms with Gasteiger partial charge in [0.25, 0.3) is 5.91 Å². The van der Waals surface area contributed by atoms with Gasteiger partial charge in [-0.25, -0.2) is 4.98 Å². The summed E-state index contributed by atoms with van der Waals surface area (Å²) in [7, 11) is 0. The number of carbonyl (C=O) groups is 3. The van der Waals surface area contributed by atoms with Crippen LogP contribution in [-0.2, 0) is 22.6 Å². The number of halogens is 2. The van der Waals surface area contributed by atoms with Crippen LogP contribution >= 0.6 is 35.0 Å². The van der Waals surface area contributed by atoms with Crippen LogP contribution in [0.15, 0.2) is 60.7 Å². The predicted molar refractivity (Wildman–Crippen MR) is 162 cm³/mol. The molecule has 1 fully saturated rings. The SMILES string of the molecule is Cc1ccccc1CNC(=O)[C@H]1N(C(=O)[C@@H](O)[C@@H](Cc2ccccc2)c2cc(C(N)=O)c(Cl)c(Cl)n2)CSC1(C)C. The van der Waals surface area contributed by atoms with E-state index in [1.807, 2.05) is 75.4 Å². The lowest BCUT2D eigenvalue weighted by Gasteiger charge is -2.33. The molecule has 1 aliphatic heterocycles. The van der Waals surface area contributed by atoms with Gasteiger partial charge < -0.3 is 21.1 Å². The van der Waals surface area contributed by atoms with Crippen LogP contribution in [0.1, 0.15) is 52.5 Å². The molecule has 1 saturated heterocycles. The van der Waals surface area contributed by atoms with Gasteiger partial charge in [-0.2, -0.15) is 0 Å². The molecule has 3 atom stereocenters. The van der Waals surface area contributed by atoms with Crippen LogP contribution in [0.25, 0.3) is 0 Å². The number of aliphatic hydroxyl groups excluding tert-OH is 1. The molecule has 4 rings (SSSR count). The molecule has 3 amide bonds. The van der Waals surface area contributed by atoms with Gasteiger partial charge in [-0.3, -0.25) is 14.4 Å². The van der Waals surface area contributed by atoms with E-state index in [9.17, 15) is 19.5 Å². The summed E-state index contributed by atoms with van der Waals surface area (Å²) in [4.78, 5) is 45.3. The standard InChI is InChI=1S/C30H32Cl2N4O4S/c1-17-9-7-8-12-19(17)15-34-28(39)25-30(2,3)41-16-36(25)29(40)24(37)20(13-18-10-5-4-6-11-18)22-14-21(27(33)38)23(31)26(32)35-22/h4-12,14,20,24-25,37H,13,15-16H2,1-3H3,(H2,33,38)(H,34,39)/t20-,24-,25+/m0/s1. The number of aliphatic hydroxyl groups is 1. The molecular weight excluding hydrogens is 583 g/mol. The van der Waals surface area contributed by atoms with Crippen molar-refractivity contribution in [1.29, 1.82) is 0 Å². The monoisotopic (exact) mass is 614 g/mol. The van der Waals surface area contributed by atoms with E-state index < -0.39 is 34.6 Å². The zero-order valence-corrected chi connectivity index (χ0v) is 25.3. The maximum Gasteiger partial charge on any atom is 0.253 e. The fourth-order valence-electron chi connectivity index (χ4n) is 4.97. The Hall–Kier alpha value is -3.11. The molecule has 11 heteroatoms. The summed E-state index contributed by atoms with van der Waals surface area (Å²) in [6.07, 6.45) is -1.41. The molecule has 0 bridgehead atoms. The summed E-state index contributed by atoms with van der Waals surface area (Å²) in [5.41, 5.74) is 8.47. The van der Waals surface area contributed by atoms with Gasteiger partial charge in [-0.1, -0.05) is 77.8 Å². The number of nitrogens with one attached hydrogen (secondary N) is 1. The number of primary amides is 1. The Morgan fingerprint density at radius 1 is 1.15 bits per heavy atom. The molecule has 41 heavy (non-hydrogen) atoms. The van der Waals surface area contributed by atoms with E-state index in [-0.39, 0.29) is 39.6 Å². The zero-order valence-electron chi connectivity index (χ0n) is 22.9. The van der Waals surface area contributed by atoms with E-state index >= 15 is 0 Å². The number of nitrogens with two attached hydrogens (primary N) is 1. The Morgan fingerprint density at radius 3 is 2.46 bits per heavy atom. The number of aryl methyl sites for hydroxylation is 1. The molecule has 4 N–H and O–H groups in total. The highest BCUT2D eigenvalue weighted by atomic mass is 35.5. The van der Waals surface area contributed by atoms with E-state index in [0.29, 0.717) is 6.54 Å². The predicted octanol–water partition coefficient (Wildman–Crippen LogP) is 4.48. The molecule has 1 aromatic heterocycles. The Balaban J connectivity index is 1.65. The van der Waals surface area contributed by atoms with Crippen LogP contribution in [0.2, 0.25) is 10.2 Å². The van der Waals surface area contributed by atoms with E-state index in [4.69, 9.17) is 28.9 Å². The first-order valence-electron chi connectivity index (χ1n) is 13.0. The molecular formula is C30H32Cl2N4O4S. The van der Waals surface area contributed by atoms with Crippen LogP contribution in [0.5, 0.6) is 0 Å². The van der Waals surface area contributed by atoms with E-state index in [1.54, 1.807) is 0 Å². The summed E-state index contributed by atoms with van der Waals surface area (Å²) < 4.78 is -0.610. The van der Waals surface area contributed by atoms with Crippen LogP contribution in [0, 0.1) is 6.92 Å². The molecule has 2 aromatic carbocycles. The van der Waals surface area contributed by atoms with Crippen LogP contribution in [0.4, 0.5) is 0 Å². The Kier molecular flexibility index (Phi) is 9.64. The second kappa shape index (κ2) is 12.8. The average molecular weight is 616 g/mol. The first-order chi connectivity index (χ1) is 19.4. The van der Waals surface area contributed by atoms with Gasteiger partial charge in [-0.15, -0.1) is 11.8 Å². The third-order valence-corrected chi connectivity index (χ3v) is 9.43. The number of aromatic nitrogens is 1. The summed E-state index contributed by atoms with van der Waals surface area (Å²) in [6.45, 7) is 6.08. The molecule has 0 spiro atoms. The molecule has 0 aliphatic carbocycles. The Morgan fingerprint density at radius 2 is 1.80 bits per heavy atom. The van der Waals surface area contributed by atoms with Gasteiger partial charge in [0.1, 0.15) is 17.3 Å². The summed E-state index contributed by atoms with van der Waals surface area (Å²) in [5.74, 6) is -2.46. The first kappa shape index (κ1) is 30.8. The van der Waals surface area contributed by atoms with Gasteiger partial charge in [0, 0.05) is 22.9 Å². The molecule has 1 aliphatic rings. The minimum absolute atomic E-state index is 0.0642. The van der Waals surface area contributed by atoms with Crippen LogP contribution in [0.3, 0.4) is 0 Å². The number of nitrogens with zero attached hydrogens (tertiary/aromatic N) is 2. The van der Waals surface area contributed by atoms with Crippen LogP contribution < -0.4 is 11.1 Å². The number of thioether (sulfide) groups is 1. The maximum atomic E-state index is 14.0. The lowest BCUT2D eigenvalue weighted by molar-refractivity contribution is -0.147. The normalized spacial score (nSPS) is 17.6. The van der Waals surface area contributed by atoms with Crippen molar-refractivity contribution in [3.8, 4) is 0 Å². The van der Waals surface area contributed by atoms with E-state index in [1.165, 1.54) is 22.7 Å². The van der Waals surface area contributed by atoms with Crippen molar-refractivity contribution in [1.82, 2.24) is 15.2 Å². The van der Waals surface area contributed by atoms with Crippen molar-refractivity contribution >= 4 is 52.7 Å².